The maximum absolute atomic E-state index is 13.0. The lowest BCUT2D eigenvalue weighted by atomic mass is 9.68. The molecule has 0 aromatic heterocycles. The average molecular weight is 409 g/mol. The number of benzene rings is 3. The summed E-state index contributed by atoms with van der Waals surface area (Å²) in [5.41, 5.74) is 6.68. The largest absolute Gasteiger partial charge is 0.378 e. The van der Waals surface area contributed by atoms with Gasteiger partial charge in [0, 0.05) is 16.9 Å². The van der Waals surface area contributed by atoms with Gasteiger partial charge in [-0.3, -0.25) is 4.79 Å². The van der Waals surface area contributed by atoms with Crippen molar-refractivity contribution in [1.29, 1.82) is 0 Å². The lowest BCUT2D eigenvalue weighted by molar-refractivity contribution is 0.102. The highest BCUT2D eigenvalue weighted by atomic mass is 16.1. The van der Waals surface area contributed by atoms with E-state index in [1.54, 1.807) is 0 Å². The van der Waals surface area contributed by atoms with Crippen molar-refractivity contribution in [2.75, 3.05) is 10.6 Å². The SMILES string of the molecule is Cc1cccc(NC(=O)c2ccc3c(c2)[C@@H]2[C@H]4CC[C@@H](C4)[C@@H]2[C@@H](c2ccccc2)N3)c1. The standard InChI is InChI=1S/C28H28N2O/c1-17-6-5-9-22(14-17)29-28(31)21-12-13-24-23(16-21)25-19-10-11-20(15-19)26(25)27(30-24)18-7-3-2-4-8-18/h2-9,12-14,16,19-20,25-27,30H,10-11,15H2,1H3,(H,29,31)/t19-,20-,25-,26-,27+/m0/s1. The van der Waals surface area contributed by atoms with Gasteiger partial charge >= 0.3 is 0 Å². The Kier molecular flexibility index (Phi) is 4.38. The third kappa shape index (κ3) is 3.15. The van der Waals surface area contributed by atoms with Crippen molar-refractivity contribution in [3.05, 3.63) is 95.1 Å². The van der Waals surface area contributed by atoms with E-state index < -0.39 is 0 Å². The van der Waals surface area contributed by atoms with Gasteiger partial charge in [0.15, 0.2) is 0 Å². The van der Waals surface area contributed by atoms with Crippen molar-refractivity contribution < 1.29 is 4.79 Å². The van der Waals surface area contributed by atoms with E-state index in [4.69, 9.17) is 0 Å². The molecule has 156 valence electrons. The Hall–Kier alpha value is -3.07. The maximum Gasteiger partial charge on any atom is 0.255 e. The number of nitrogens with one attached hydrogen (secondary N) is 2. The number of aryl methyl sites for hydroxylation is 1. The van der Waals surface area contributed by atoms with Crippen molar-refractivity contribution in [2.24, 2.45) is 17.8 Å². The van der Waals surface area contributed by atoms with Crippen LogP contribution in [-0.2, 0) is 0 Å². The molecule has 6 rings (SSSR count). The van der Waals surface area contributed by atoms with Crippen molar-refractivity contribution in [3.63, 3.8) is 0 Å². The fourth-order valence-corrected chi connectivity index (χ4v) is 6.54. The molecule has 2 fully saturated rings. The van der Waals surface area contributed by atoms with Gasteiger partial charge < -0.3 is 10.6 Å². The Morgan fingerprint density at radius 1 is 0.935 bits per heavy atom. The summed E-state index contributed by atoms with van der Waals surface area (Å²) in [6.45, 7) is 2.04. The topological polar surface area (TPSA) is 41.1 Å². The Labute approximate surface area is 183 Å². The van der Waals surface area contributed by atoms with Gasteiger partial charge in [-0.1, -0.05) is 42.5 Å². The van der Waals surface area contributed by atoms with Gasteiger partial charge in [0.2, 0.25) is 0 Å². The van der Waals surface area contributed by atoms with Crippen LogP contribution in [0.25, 0.3) is 0 Å². The maximum atomic E-state index is 13.0. The second-order valence-corrected chi connectivity index (χ2v) is 9.59. The number of rotatable bonds is 3. The summed E-state index contributed by atoms with van der Waals surface area (Å²) in [6.07, 6.45) is 4.01. The van der Waals surface area contributed by atoms with Crippen molar-refractivity contribution in [3.8, 4) is 0 Å². The molecule has 1 aliphatic heterocycles. The zero-order chi connectivity index (χ0) is 20.9. The normalized spacial score (nSPS) is 27.8. The van der Waals surface area contributed by atoms with Crippen LogP contribution < -0.4 is 10.6 Å². The van der Waals surface area contributed by atoms with Crippen molar-refractivity contribution >= 4 is 17.3 Å². The number of anilines is 2. The molecule has 3 nitrogen and oxygen atoms in total. The molecule has 0 radical (unpaired) electrons. The molecule has 0 saturated heterocycles. The van der Waals surface area contributed by atoms with Crippen LogP contribution in [0.5, 0.6) is 0 Å². The molecule has 2 N–H and O–H groups in total. The minimum Gasteiger partial charge on any atom is -0.378 e. The first-order valence-electron chi connectivity index (χ1n) is 11.5. The zero-order valence-electron chi connectivity index (χ0n) is 17.8. The summed E-state index contributed by atoms with van der Waals surface area (Å²) in [5.74, 6) is 2.66. The van der Waals surface area contributed by atoms with Crippen LogP contribution in [0.4, 0.5) is 11.4 Å². The molecule has 2 saturated carbocycles. The summed E-state index contributed by atoms with van der Waals surface area (Å²) in [6, 6.07) is 25.5. The monoisotopic (exact) mass is 408 g/mol. The van der Waals surface area contributed by atoms with Gasteiger partial charge in [0.05, 0.1) is 6.04 Å². The number of carbonyl (C=O) groups excluding carboxylic acids is 1. The fourth-order valence-electron chi connectivity index (χ4n) is 6.54. The fraction of sp³-hybridized carbons (Fsp3) is 0.321. The van der Waals surface area contributed by atoms with Gasteiger partial charge in [-0.25, -0.2) is 0 Å². The summed E-state index contributed by atoms with van der Waals surface area (Å²) in [4.78, 5) is 13.0. The Morgan fingerprint density at radius 2 is 1.77 bits per heavy atom. The predicted octanol–water partition coefficient (Wildman–Crippen LogP) is 6.54. The van der Waals surface area contributed by atoms with E-state index in [-0.39, 0.29) is 5.91 Å². The number of hydrogen-bond acceptors (Lipinski definition) is 2. The highest BCUT2D eigenvalue weighted by molar-refractivity contribution is 6.04. The van der Waals surface area contributed by atoms with E-state index in [1.807, 2.05) is 37.3 Å². The third-order valence-corrected chi connectivity index (χ3v) is 7.78. The van der Waals surface area contributed by atoms with E-state index in [2.05, 4.69) is 53.1 Å². The number of amides is 1. The van der Waals surface area contributed by atoms with Crippen LogP contribution in [0.3, 0.4) is 0 Å². The van der Waals surface area contributed by atoms with Crippen molar-refractivity contribution in [1.82, 2.24) is 0 Å². The summed E-state index contributed by atoms with van der Waals surface area (Å²) in [5, 5.41) is 6.94. The lowest BCUT2D eigenvalue weighted by Gasteiger charge is -2.43. The molecule has 3 aromatic rings. The zero-order valence-corrected chi connectivity index (χ0v) is 17.8. The van der Waals surface area contributed by atoms with Gasteiger partial charge in [0.1, 0.15) is 0 Å². The molecule has 3 aromatic carbocycles. The van der Waals surface area contributed by atoms with E-state index in [1.165, 1.54) is 36.1 Å². The summed E-state index contributed by atoms with van der Waals surface area (Å²) in [7, 11) is 0. The van der Waals surface area contributed by atoms with E-state index in [0.29, 0.717) is 17.9 Å². The van der Waals surface area contributed by atoms with Gasteiger partial charge in [-0.05, 0) is 96.9 Å². The van der Waals surface area contributed by atoms with Gasteiger partial charge in [-0.2, -0.15) is 0 Å². The molecule has 5 atom stereocenters. The van der Waals surface area contributed by atoms with E-state index in [0.717, 1.165) is 28.7 Å². The lowest BCUT2D eigenvalue weighted by Crippen LogP contribution is -2.35. The second kappa shape index (κ2) is 7.26. The minimum atomic E-state index is -0.0294. The number of fused-ring (bicyclic) bond motifs is 7. The number of hydrogen-bond donors (Lipinski definition) is 2. The molecule has 1 amide bonds. The Morgan fingerprint density at radius 3 is 2.61 bits per heavy atom. The highest BCUT2D eigenvalue weighted by Gasteiger charge is 2.53. The smallest absolute Gasteiger partial charge is 0.255 e. The van der Waals surface area contributed by atoms with Gasteiger partial charge in [0.25, 0.3) is 5.91 Å². The van der Waals surface area contributed by atoms with E-state index >= 15 is 0 Å². The second-order valence-electron chi connectivity index (χ2n) is 9.59. The van der Waals surface area contributed by atoms with E-state index in [9.17, 15) is 4.79 Å². The highest BCUT2D eigenvalue weighted by Crippen LogP contribution is 2.63. The average Bonchev–Trinajstić information content (AvgIpc) is 3.42. The van der Waals surface area contributed by atoms with Crippen molar-refractivity contribution in [2.45, 2.75) is 38.1 Å². The van der Waals surface area contributed by atoms with Crippen LogP contribution in [0.15, 0.2) is 72.8 Å². The molecule has 2 bridgehead atoms. The number of carbonyl (C=O) groups is 1. The molecular weight excluding hydrogens is 380 g/mol. The molecule has 31 heavy (non-hydrogen) atoms. The minimum absolute atomic E-state index is 0.0294. The third-order valence-electron chi connectivity index (χ3n) is 7.78. The van der Waals surface area contributed by atoms with Crippen LogP contribution in [0.1, 0.15) is 58.3 Å². The molecule has 0 spiro atoms. The Balaban J connectivity index is 1.35. The predicted molar refractivity (Wildman–Crippen MR) is 125 cm³/mol. The van der Waals surface area contributed by atoms with Crippen LogP contribution in [0.2, 0.25) is 0 Å². The molecular formula is C28H28N2O. The molecule has 3 aliphatic rings. The first-order valence-corrected chi connectivity index (χ1v) is 11.5. The van der Waals surface area contributed by atoms with Crippen LogP contribution in [0, 0.1) is 24.7 Å². The quantitative estimate of drug-likeness (QED) is 0.516. The summed E-state index contributed by atoms with van der Waals surface area (Å²) < 4.78 is 0. The van der Waals surface area contributed by atoms with Crippen LogP contribution in [-0.4, -0.2) is 5.91 Å². The molecule has 1 heterocycles. The molecule has 0 unspecified atom stereocenters. The van der Waals surface area contributed by atoms with Crippen LogP contribution >= 0.6 is 0 Å². The molecule has 2 aliphatic carbocycles. The Bertz CT molecular complexity index is 1140. The molecule has 3 heteroatoms. The van der Waals surface area contributed by atoms with Gasteiger partial charge in [-0.15, -0.1) is 0 Å². The first kappa shape index (κ1) is 18.7. The first-order chi connectivity index (χ1) is 15.2. The summed E-state index contributed by atoms with van der Waals surface area (Å²) >= 11 is 0.